The van der Waals surface area contributed by atoms with Gasteiger partial charge in [0.2, 0.25) is 0 Å². The van der Waals surface area contributed by atoms with Gasteiger partial charge in [-0.1, -0.05) is 20.8 Å². The van der Waals surface area contributed by atoms with Crippen molar-refractivity contribution in [3.05, 3.63) is 11.2 Å². The molecule has 1 aromatic rings. The van der Waals surface area contributed by atoms with Crippen LogP contribution in [0.25, 0.3) is 0 Å². The molecule has 2 heterocycles. The number of ether oxygens (including phenoxy) is 1. The summed E-state index contributed by atoms with van der Waals surface area (Å²) in [5, 5.41) is 0. The maximum absolute atomic E-state index is 12.9. The second kappa shape index (κ2) is 6.25. The van der Waals surface area contributed by atoms with Gasteiger partial charge < -0.3 is 4.74 Å². The lowest BCUT2D eigenvalue weighted by molar-refractivity contribution is 0.0590. The third-order valence-electron chi connectivity index (χ3n) is 4.10. The SMILES string of the molecule is COC(=O)c1ncsc1S(=O)(=O)N1CCCC(C(C)(C)C)C1. The van der Waals surface area contributed by atoms with Crippen molar-refractivity contribution < 1.29 is 17.9 Å². The Hall–Kier alpha value is -0.990. The molecule has 0 bridgehead atoms. The van der Waals surface area contributed by atoms with E-state index in [1.54, 1.807) is 0 Å². The average molecular weight is 346 g/mol. The quantitative estimate of drug-likeness (QED) is 0.785. The number of aromatic nitrogens is 1. The number of carbonyl (C=O) groups excluding carboxylic acids is 1. The van der Waals surface area contributed by atoms with Crippen LogP contribution < -0.4 is 0 Å². The van der Waals surface area contributed by atoms with Gasteiger partial charge in [0.25, 0.3) is 10.0 Å². The van der Waals surface area contributed by atoms with E-state index in [0.717, 1.165) is 24.2 Å². The molecule has 1 aromatic heterocycles. The highest BCUT2D eigenvalue weighted by Crippen LogP contribution is 2.36. The highest BCUT2D eigenvalue weighted by atomic mass is 32.2. The van der Waals surface area contributed by atoms with Crippen LogP contribution in [0.3, 0.4) is 0 Å². The fourth-order valence-electron chi connectivity index (χ4n) is 2.64. The zero-order valence-electron chi connectivity index (χ0n) is 13.3. The van der Waals surface area contributed by atoms with Gasteiger partial charge >= 0.3 is 5.97 Å². The van der Waals surface area contributed by atoms with Crippen LogP contribution in [0.4, 0.5) is 0 Å². The zero-order valence-corrected chi connectivity index (χ0v) is 15.0. The number of piperidine rings is 1. The summed E-state index contributed by atoms with van der Waals surface area (Å²) in [6, 6.07) is 0. The Bertz CT molecular complexity index is 646. The third kappa shape index (κ3) is 3.33. The van der Waals surface area contributed by atoms with Crippen LogP contribution in [-0.2, 0) is 14.8 Å². The molecule has 0 saturated carbocycles. The van der Waals surface area contributed by atoms with E-state index in [1.807, 2.05) is 0 Å². The van der Waals surface area contributed by atoms with Gasteiger partial charge in [-0.3, -0.25) is 0 Å². The summed E-state index contributed by atoms with van der Waals surface area (Å²) in [5.41, 5.74) is 1.29. The largest absolute Gasteiger partial charge is 0.464 e. The predicted molar refractivity (Wildman–Crippen MR) is 84.4 cm³/mol. The van der Waals surface area contributed by atoms with Crippen molar-refractivity contribution in [3.8, 4) is 0 Å². The van der Waals surface area contributed by atoms with E-state index in [0.29, 0.717) is 19.0 Å². The van der Waals surface area contributed by atoms with E-state index in [-0.39, 0.29) is 15.3 Å². The monoisotopic (exact) mass is 346 g/mol. The van der Waals surface area contributed by atoms with E-state index in [4.69, 9.17) is 0 Å². The van der Waals surface area contributed by atoms with Crippen LogP contribution in [0.2, 0.25) is 0 Å². The molecule has 0 aliphatic carbocycles. The molecule has 1 saturated heterocycles. The van der Waals surface area contributed by atoms with Gasteiger partial charge in [-0.2, -0.15) is 4.31 Å². The van der Waals surface area contributed by atoms with Crippen LogP contribution in [-0.4, -0.2) is 43.9 Å². The number of nitrogens with zero attached hydrogens (tertiary/aromatic N) is 2. The van der Waals surface area contributed by atoms with Crippen molar-refractivity contribution in [2.24, 2.45) is 11.3 Å². The molecule has 0 N–H and O–H groups in total. The van der Waals surface area contributed by atoms with E-state index in [2.05, 4.69) is 30.5 Å². The minimum absolute atomic E-state index is 0.0195. The molecule has 6 nitrogen and oxygen atoms in total. The van der Waals surface area contributed by atoms with Crippen molar-refractivity contribution in [2.75, 3.05) is 20.2 Å². The number of carbonyl (C=O) groups is 1. The standard InChI is InChI=1S/C14H22N2O4S2/c1-14(2,3)10-6-5-7-16(8-10)22(18,19)13-11(12(17)20-4)15-9-21-13/h9-10H,5-8H2,1-4H3. The van der Waals surface area contributed by atoms with Crippen LogP contribution >= 0.6 is 11.3 Å². The first kappa shape index (κ1) is 17.4. The first-order valence-corrected chi connectivity index (χ1v) is 9.52. The highest BCUT2D eigenvalue weighted by Gasteiger charge is 2.38. The maximum atomic E-state index is 12.9. The topological polar surface area (TPSA) is 76.6 Å². The van der Waals surface area contributed by atoms with E-state index in [1.165, 1.54) is 16.9 Å². The summed E-state index contributed by atoms with van der Waals surface area (Å²) in [6.45, 7) is 7.33. The Balaban J connectivity index is 2.31. The van der Waals surface area contributed by atoms with Crippen molar-refractivity contribution >= 4 is 27.3 Å². The van der Waals surface area contributed by atoms with Gasteiger partial charge in [0, 0.05) is 13.1 Å². The average Bonchev–Trinajstić information content (AvgIpc) is 2.96. The van der Waals surface area contributed by atoms with Crippen LogP contribution in [0.5, 0.6) is 0 Å². The van der Waals surface area contributed by atoms with Gasteiger partial charge in [0.05, 0.1) is 12.6 Å². The van der Waals surface area contributed by atoms with Gasteiger partial charge in [-0.25, -0.2) is 18.2 Å². The first-order chi connectivity index (χ1) is 10.2. The van der Waals surface area contributed by atoms with Crippen LogP contribution in [0.15, 0.2) is 9.72 Å². The Morgan fingerprint density at radius 1 is 1.45 bits per heavy atom. The molecule has 0 amide bonds. The van der Waals surface area contributed by atoms with Gasteiger partial charge in [-0.15, -0.1) is 11.3 Å². The lowest BCUT2D eigenvalue weighted by Crippen LogP contribution is -2.43. The molecule has 1 aliphatic heterocycles. The number of rotatable bonds is 3. The fourth-order valence-corrected chi connectivity index (χ4v) is 5.43. The van der Waals surface area contributed by atoms with Crippen molar-refractivity contribution in [3.63, 3.8) is 0 Å². The number of methoxy groups -OCH3 is 1. The Morgan fingerprint density at radius 3 is 2.73 bits per heavy atom. The summed E-state index contributed by atoms with van der Waals surface area (Å²) in [4.78, 5) is 15.5. The lowest BCUT2D eigenvalue weighted by atomic mass is 9.77. The third-order valence-corrected chi connectivity index (χ3v) is 7.31. The molecule has 1 aliphatic rings. The predicted octanol–water partition coefficient (Wildman–Crippen LogP) is 2.38. The van der Waals surface area contributed by atoms with Gasteiger partial charge in [-0.05, 0) is 24.2 Å². The zero-order chi connectivity index (χ0) is 16.5. The smallest absolute Gasteiger partial charge is 0.358 e. The molecule has 8 heteroatoms. The normalized spacial score (nSPS) is 20.8. The van der Waals surface area contributed by atoms with Crippen LogP contribution in [0.1, 0.15) is 44.1 Å². The maximum Gasteiger partial charge on any atom is 0.358 e. The minimum Gasteiger partial charge on any atom is -0.464 e. The lowest BCUT2D eigenvalue weighted by Gasteiger charge is -2.38. The highest BCUT2D eigenvalue weighted by molar-refractivity contribution is 7.91. The van der Waals surface area contributed by atoms with E-state index in [9.17, 15) is 13.2 Å². The molecule has 0 radical (unpaired) electrons. The van der Waals surface area contributed by atoms with Gasteiger partial charge in [0.1, 0.15) is 0 Å². The van der Waals surface area contributed by atoms with Gasteiger partial charge in [0.15, 0.2) is 9.90 Å². The molecular formula is C14H22N2O4S2. The molecule has 1 unspecified atom stereocenters. The Labute approximate surface area is 135 Å². The van der Waals surface area contributed by atoms with Crippen molar-refractivity contribution in [1.82, 2.24) is 9.29 Å². The molecule has 1 atom stereocenters. The van der Waals surface area contributed by atoms with Crippen molar-refractivity contribution in [2.45, 2.75) is 37.8 Å². The number of thiazole rings is 1. The summed E-state index contributed by atoms with van der Waals surface area (Å²) >= 11 is 0.961. The molecule has 0 aromatic carbocycles. The number of sulfonamides is 1. The second-order valence-electron chi connectivity index (χ2n) is 6.55. The molecule has 22 heavy (non-hydrogen) atoms. The minimum atomic E-state index is -3.71. The summed E-state index contributed by atoms with van der Waals surface area (Å²) in [5.74, 6) is -0.422. The van der Waals surface area contributed by atoms with E-state index >= 15 is 0 Å². The number of esters is 1. The van der Waals surface area contributed by atoms with Crippen molar-refractivity contribution in [1.29, 1.82) is 0 Å². The molecule has 2 rings (SSSR count). The van der Waals surface area contributed by atoms with E-state index < -0.39 is 16.0 Å². The Kier molecular flexibility index (Phi) is 4.93. The second-order valence-corrected chi connectivity index (χ2v) is 9.54. The number of hydrogen-bond acceptors (Lipinski definition) is 6. The summed E-state index contributed by atoms with van der Waals surface area (Å²) in [6.07, 6.45) is 1.84. The number of hydrogen-bond donors (Lipinski definition) is 0. The summed E-state index contributed by atoms with van der Waals surface area (Å²) in [7, 11) is -2.49. The molecular weight excluding hydrogens is 324 g/mol. The fraction of sp³-hybridized carbons (Fsp3) is 0.714. The Morgan fingerprint density at radius 2 is 2.14 bits per heavy atom. The molecule has 0 spiro atoms. The molecule has 124 valence electrons. The first-order valence-electron chi connectivity index (χ1n) is 7.20. The molecule has 1 fully saturated rings. The van der Waals surface area contributed by atoms with Crippen LogP contribution in [0, 0.1) is 11.3 Å². The summed E-state index contributed by atoms with van der Waals surface area (Å²) < 4.78 is 31.8.